The van der Waals surface area contributed by atoms with Gasteiger partial charge in [-0.15, -0.1) is 0 Å². The minimum atomic E-state index is -3.26. The van der Waals surface area contributed by atoms with Crippen molar-refractivity contribution >= 4 is 10.1 Å². The fraction of sp³-hybridized carbons (Fsp3) is 1.00. The molecule has 0 radical (unpaired) electrons. The number of hydrogen-bond donors (Lipinski definition) is 0. The predicted octanol–water partition coefficient (Wildman–Crippen LogP) is -0.417. The van der Waals surface area contributed by atoms with Crippen LogP contribution < -0.4 is 0 Å². The number of hydrogen-bond acceptors (Lipinski definition) is 4. The smallest absolute Gasteiger partial charge is 0.198 e. The Morgan fingerprint density at radius 2 is 2.00 bits per heavy atom. The van der Waals surface area contributed by atoms with Crippen molar-refractivity contribution in [3.8, 4) is 0 Å². The first-order chi connectivity index (χ1) is 4.08. The van der Waals surface area contributed by atoms with E-state index in [9.17, 15) is 8.42 Å². The van der Waals surface area contributed by atoms with Crippen LogP contribution in [0.2, 0.25) is 0 Å². The molecule has 0 bridgehead atoms. The summed E-state index contributed by atoms with van der Waals surface area (Å²) in [6.45, 7) is 1.46. The van der Waals surface area contributed by atoms with Crippen molar-refractivity contribution in [2.45, 2.75) is 6.42 Å². The predicted molar refractivity (Wildman–Crippen MR) is 32.1 cm³/mol. The van der Waals surface area contributed by atoms with Crippen molar-refractivity contribution in [3.05, 3.63) is 0 Å². The van der Waals surface area contributed by atoms with Crippen LogP contribution in [-0.4, -0.2) is 32.8 Å². The molecule has 0 unspecified atom stereocenters. The van der Waals surface area contributed by atoms with E-state index in [1.807, 2.05) is 0 Å². The molecule has 0 spiro atoms. The largest absolute Gasteiger partial charge is 0.280 e. The average Bonchev–Trinajstić information content (AvgIpc) is 1.53. The van der Waals surface area contributed by atoms with E-state index in [0.29, 0.717) is 0 Å². The minimum Gasteiger partial charge on any atom is -0.198 e. The summed E-state index contributed by atoms with van der Waals surface area (Å²) in [6, 6.07) is 0. The lowest BCUT2D eigenvalue weighted by Crippen LogP contribution is -2.38. The van der Waals surface area contributed by atoms with E-state index in [1.165, 1.54) is 5.06 Å². The summed E-state index contributed by atoms with van der Waals surface area (Å²) in [5.41, 5.74) is 0. The van der Waals surface area contributed by atoms with Gasteiger partial charge in [-0.1, -0.05) is 0 Å². The molecule has 0 aromatic rings. The van der Waals surface area contributed by atoms with Crippen LogP contribution in [0.25, 0.3) is 0 Å². The first-order valence-corrected chi connectivity index (χ1v) is 4.54. The Morgan fingerprint density at radius 1 is 1.44 bits per heavy atom. The van der Waals surface area contributed by atoms with E-state index in [2.05, 4.69) is 4.28 Å². The molecule has 1 aliphatic rings. The lowest BCUT2D eigenvalue weighted by Gasteiger charge is -2.27. The maximum absolute atomic E-state index is 10.4. The van der Waals surface area contributed by atoms with Gasteiger partial charge in [0.25, 0.3) is 10.1 Å². The van der Waals surface area contributed by atoms with Crippen LogP contribution >= 0.6 is 0 Å². The van der Waals surface area contributed by atoms with Crippen molar-refractivity contribution in [1.82, 2.24) is 5.06 Å². The summed E-state index contributed by atoms with van der Waals surface area (Å²) >= 11 is 0. The average molecular weight is 151 g/mol. The number of hydroxylamine groups is 2. The van der Waals surface area contributed by atoms with Crippen LogP contribution in [0.15, 0.2) is 0 Å². The fourth-order valence-electron chi connectivity index (χ4n) is 0.553. The highest BCUT2D eigenvalue weighted by Crippen LogP contribution is 2.07. The zero-order valence-electron chi connectivity index (χ0n) is 5.20. The van der Waals surface area contributed by atoms with E-state index in [0.717, 1.165) is 25.8 Å². The lowest BCUT2D eigenvalue weighted by atomic mass is 10.3. The van der Waals surface area contributed by atoms with Gasteiger partial charge in [0.2, 0.25) is 0 Å². The van der Waals surface area contributed by atoms with Crippen LogP contribution in [0, 0.1) is 0 Å². The number of rotatable bonds is 2. The molecule has 0 aliphatic carbocycles. The highest BCUT2D eigenvalue weighted by molar-refractivity contribution is 7.85. The molecule has 0 atom stereocenters. The molecule has 0 aromatic carbocycles. The summed E-state index contributed by atoms with van der Waals surface area (Å²) in [5.74, 6) is 0. The minimum absolute atomic E-state index is 0.729. The molecule has 1 heterocycles. The Hall–Kier alpha value is -0.130. The Labute approximate surface area is 54.5 Å². The quantitative estimate of drug-likeness (QED) is 0.538. The van der Waals surface area contributed by atoms with Crippen LogP contribution in [0.4, 0.5) is 0 Å². The monoisotopic (exact) mass is 151 g/mol. The second-order valence-electron chi connectivity index (χ2n) is 2.06. The Balaban J connectivity index is 2.33. The second-order valence-corrected chi connectivity index (χ2v) is 3.62. The molecule has 1 fully saturated rings. The molecule has 1 rings (SSSR count). The van der Waals surface area contributed by atoms with Crippen LogP contribution in [-0.2, 0) is 14.4 Å². The SMILES string of the molecule is CS(=O)(=O)ON1CCC1. The van der Waals surface area contributed by atoms with Gasteiger partial charge >= 0.3 is 0 Å². The third-order valence-corrected chi connectivity index (χ3v) is 1.54. The molecule has 5 heteroatoms. The molecule has 54 valence electrons. The van der Waals surface area contributed by atoms with Gasteiger partial charge in [-0.05, 0) is 6.42 Å². The van der Waals surface area contributed by atoms with Crippen molar-refractivity contribution in [2.75, 3.05) is 19.3 Å². The Kier molecular flexibility index (Phi) is 1.74. The zero-order valence-corrected chi connectivity index (χ0v) is 6.02. The van der Waals surface area contributed by atoms with Gasteiger partial charge in [0.05, 0.1) is 6.26 Å². The Bertz CT molecular complexity index is 182. The van der Waals surface area contributed by atoms with E-state index in [4.69, 9.17) is 0 Å². The van der Waals surface area contributed by atoms with Gasteiger partial charge in [-0.2, -0.15) is 17.8 Å². The molecule has 1 aliphatic heterocycles. The molecule has 4 nitrogen and oxygen atoms in total. The molecule has 0 amide bonds. The first kappa shape index (κ1) is 6.98. The molecular weight excluding hydrogens is 142 g/mol. The van der Waals surface area contributed by atoms with Gasteiger partial charge < -0.3 is 0 Å². The normalized spacial score (nSPS) is 21.4. The maximum atomic E-state index is 10.4. The van der Waals surface area contributed by atoms with E-state index >= 15 is 0 Å². The van der Waals surface area contributed by atoms with E-state index in [-0.39, 0.29) is 0 Å². The molecule has 1 saturated heterocycles. The second kappa shape index (κ2) is 2.24. The summed E-state index contributed by atoms with van der Waals surface area (Å²) < 4.78 is 25.2. The summed E-state index contributed by atoms with van der Waals surface area (Å²) in [7, 11) is -3.26. The zero-order chi connectivity index (χ0) is 6.91. The van der Waals surface area contributed by atoms with Gasteiger partial charge in [0.15, 0.2) is 0 Å². The summed E-state index contributed by atoms with van der Waals surface area (Å²) in [6.07, 6.45) is 2.07. The topological polar surface area (TPSA) is 46.6 Å². The van der Waals surface area contributed by atoms with Crippen LogP contribution in [0.3, 0.4) is 0 Å². The van der Waals surface area contributed by atoms with Gasteiger partial charge in [0.1, 0.15) is 0 Å². The lowest BCUT2D eigenvalue weighted by molar-refractivity contribution is -0.100. The summed E-state index contributed by atoms with van der Waals surface area (Å²) in [5, 5.41) is 1.43. The highest BCUT2D eigenvalue weighted by Gasteiger charge is 2.18. The van der Waals surface area contributed by atoms with Crippen LogP contribution in [0.1, 0.15) is 6.42 Å². The molecule has 0 aromatic heterocycles. The van der Waals surface area contributed by atoms with Crippen molar-refractivity contribution in [3.63, 3.8) is 0 Å². The van der Waals surface area contributed by atoms with Crippen molar-refractivity contribution in [2.24, 2.45) is 0 Å². The maximum Gasteiger partial charge on any atom is 0.280 e. The summed E-state index contributed by atoms with van der Waals surface area (Å²) in [4.78, 5) is 0. The third-order valence-electron chi connectivity index (χ3n) is 1.06. The van der Waals surface area contributed by atoms with E-state index in [1.54, 1.807) is 0 Å². The molecule has 0 N–H and O–H groups in total. The number of nitrogens with zero attached hydrogens (tertiary/aromatic N) is 1. The van der Waals surface area contributed by atoms with Crippen LogP contribution in [0.5, 0.6) is 0 Å². The van der Waals surface area contributed by atoms with E-state index < -0.39 is 10.1 Å². The van der Waals surface area contributed by atoms with Crippen molar-refractivity contribution < 1.29 is 12.7 Å². The third kappa shape index (κ3) is 2.30. The van der Waals surface area contributed by atoms with Gasteiger partial charge in [-0.25, -0.2) is 0 Å². The molecule has 9 heavy (non-hydrogen) atoms. The Morgan fingerprint density at radius 3 is 2.11 bits per heavy atom. The molecule has 0 saturated carbocycles. The highest BCUT2D eigenvalue weighted by atomic mass is 32.2. The fourth-order valence-corrected chi connectivity index (χ4v) is 1.09. The van der Waals surface area contributed by atoms with Gasteiger partial charge in [-0.3, -0.25) is 0 Å². The standard InChI is InChI=1S/C4H9NO3S/c1-9(6,7)8-5-3-2-4-5/h2-4H2,1H3. The van der Waals surface area contributed by atoms with Crippen molar-refractivity contribution in [1.29, 1.82) is 0 Å². The first-order valence-electron chi connectivity index (χ1n) is 2.72. The van der Waals surface area contributed by atoms with Gasteiger partial charge in [0, 0.05) is 13.1 Å². The molecular formula is C4H9NO3S.